The van der Waals surface area contributed by atoms with Crippen molar-refractivity contribution in [3.63, 3.8) is 0 Å². The lowest BCUT2D eigenvalue weighted by Crippen LogP contribution is -2.14. The topological polar surface area (TPSA) is 82.1 Å². The maximum Gasteiger partial charge on any atom is 0.101 e. The second-order valence-corrected chi connectivity index (χ2v) is 4.20. The van der Waals surface area contributed by atoms with Gasteiger partial charge in [-0.3, -0.25) is 0 Å². The Labute approximate surface area is 112 Å². The van der Waals surface area contributed by atoms with Crippen LogP contribution in [0.5, 0.6) is 0 Å². The normalized spacial score (nSPS) is 11.6. The molecule has 19 heavy (non-hydrogen) atoms. The zero-order valence-electron chi connectivity index (χ0n) is 10.4. The highest BCUT2D eigenvalue weighted by atomic mass is 16.3. The summed E-state index contributed by atoms with van der Waals surface area (Å²) >= 11 is 0. The van der Waals surface area contributed by atoms with Crippen molar-refractivity contribution in [3.8, 4) is 6.07 Å². The molecule has 0 aliphatic heterocycles. The zero-order chi connectivity index (χ0) is 13.7. The molecular formula is C15H15N3O. The molecule has 2 aromatic carbocycles. The minimum Gasteiger partial charge on any atom is -0.398 e. The van der Waals surface area contributed by atoms with Crippen molar-refractivity contribution in [1.82, 2.24) is 0 Å². The highest BCUT2D eigenvalue weighted by molar-refractivity contribution is 5.63. The summed E-state index contributed by atoms with van der Waals surface area (Å²) < 4.78 is 0. The number of anilines is 2. The molecule has 0 fully saturated rings. The van der Waals surface area contributed by atoms with Crippen LogP contribution in [0, 0.1) is 11.3 Å². The van der Waals surface area contributed by atoms with Gasteiger partial charge in [0, 0.05) is 5.69 Å². The smallest absolute Gasteiger partial charge is 0.101 e. The Morgan fingerprint density at radius 2 is 1.95 bits per heavy atom. The Morgan fingerprint density at radius 3 is 2.53 bits per heavy atom. The van der Waals surface area contributed by atoms with Crippen LogP contribution in [0.2, 0.25) is 0 Å². The first-order valence-corrected chi connectivity index (χ1v) is 5.96. The van der Waals surface area contributed by atoms with E-state index in [1.54, 1.807) is 18.2 Å². The van der Waals surface area contributed by atoms with Gasteiger partial charge in [0.15, 0.2) is 0 Å². The average molecular weight is 253 g/mol. The van der Waals surface area contributed by atoms with Crippen LogP contribution in [-0.2, 0) is 0 Å². The molecule has 2 rings (SSSR count). The van der Waals surface area contributed by atoms with Crippen LogP contribution in [0.3, 0.4) is 0 Å². The van der Waals surface area contributed by atoms with E-state index in [1.165, 1.54) is 0 Å². The summed E-state index contributed by atoms with van der Waals surface area (Å²) in [5.41, 5.74) is 8.41. The van der Waals surface area contributed by atoms with E-state index in [9.17, 15) is 5.11 Å². The number of nitriles is 1. The van der Waals surface area contributed by atoms with Crippen LogP contribution in [0.1, 0.15) is 17.2 Å². The standard InChI is InChI=1S/C15H15N3O/c16-9-12-6-7-13(8-14(12)17)18-15(10-19)11-4-2-1-3-5-11/h1-8,15,18-19H,10,17H2. The van der Waals surface area contributed by atoms with E-state index in [-0.39, 0.29) is 12.6 Å². The van der Waals surface area contributed by atoms with Gasteiger partial charge in [-0.25, -0.2) is 0 Å². The predicted molar refractivity (Wildman–Crippen MR) is 75.5 cm³/mol. The highest BCUT2D eigenvalue weighted by Gasteiger charge is 2.10. The summed E-state index contributed by atoms with van der Waals surface area (Å²) in [4.78, 5) is 0. The van der Waals surface area contributed by atoms with Crippen molar-refractivity contribution in [2.45, 2.75) is 6.04 Å². The Bertz CT molecular complexity index is 590. The summed E-state index contributed by atoms with van der Waals surface area (Å²) in [5, 5.41) is 21.5. The lowest BCUT2D eigenvalue weighted by Gasteiger charge is -2.18. The van der Waals surface area contributed by atoms with Gasteiger partial charge < -0.3 is 16.2 Å². The van der Waals surface area contributed by atoms with Crippen molar-refractivity contribution in [2.24, 2.45) is 0 Å². The van der Waals surface area contributed by atoms with Gasteiger partial charge in [-0.2, -0.15) is 5.26 Å². The van der Waals surface area contributed by atoms with Gasteiger partial charge in [-0.05, 0) is 23.8 Å². The minimum absolute atomic E-state index is 0.0239. The maximum atomic E-state index is 9.46. The highest BCUT2D eigenvalue weighted by Crippen LogP contribution is 2.22. The number of nitrogens with two attached hydrogens (primary N) is 1. The largest absolute Gasteiger partial charge is 0.398 e. The van der Waals surface area contributed by atoms with E-state index in [4.69, 9.17) is 11.0 Å². The minimum atomic E-state index is -0.200. The van der Waals surface area contributed by atoms with Crippen LogP contribution in [0.15, 0.2) is 48.5 Å². The molecule has 0 aliphatic carbocycles. The first-order chi connectivity index (χ1) is 9.24. The zero-order valence-corrected chi connectivity index (χ0v) is 10.4. The number of rotatable bonds is 4. The molecule has 0 amide bonds. The molecule has 4 N–H and O–H groups in total. The van der Waals surface area contributed by atoms with Crippen LogP contribution >= 0.6 is 0 Å². The van der Waals surface area contributed by atoms with E-state index >= 15 is 0 Å². The molecular weight excluding hydrogens is 238 g/mol. The predicted octanol–water partition coefficient (Wildman–Crippen LogP) is 2.29. The fraction of sp³-hybridized carbons (Fsp3) is 0.133. The Hall–Kier alpha value is -2.51. The quantitative estimate of drug-likeness (QED) is 0.730. The van der Waals surface area contributed by atoms with Crippen molar-refractivity contribution in [3.05, 3.63) is 59.7 Å². The molecule has 0 aliphatic rings. The lowest BCUT2D eigenvalue weighted by molar-refractivity contribution is 0.276. The third kappa shape index (κ3) is 3.03. The van der Waals surface area contributed by atoms with E-state index < -0.39 is 0 Å². The van der Waals surface area contributed by atoms with Crippen molar-refractivity contribution in [1.29, 1.82) is 5.26 Å². The van der Waals surface area contributed by atoms with E-state index in [0.29, 0.717) is 11.3 Å². The number of hydrogen-bond acceptors (Lipinski definition) is 4. The average Bonchev–Trinajstić information content (AvgIpc) is 2.46. The molecule has 0 heterocycles. The molecule has 0 radical (unpaired) electrons. The van der Waals surface area contributed by atoms with Gasteiger partial charge in [0.05, 0.1) is 23.9 Å². The molecule has 1 atom stereocenters. The van der Waals surface area contributed by atoms with Crippen LogP contribution in [0.25, 0.3) is 0 Å². The molecule has 4 nitrogen and oxygen atoms in total. The number of nitrogens with zero attached hydrogens (tertiary/aromatic N) is 1. The van der Waals surface area contributed by atoms with Crippen molar-refractivity contribution in [2.75, 3.05) is 17.7 Å². The van der Waals surface area contributed by atoms with Gasteiger partial charge >= 0.3 is 0 Å². The molecule has 0 saturated heterocycles. The number of hydrogen-bond donors (Lipinski definition) is 3. The SMILES string of the molecule is N#Cc1ccc(NC(CO)c2ccccc2)cc1N. The second kappa shape index (κ2) is 5.89. The van der Waals surface area contributed by atoms with Crippen molar-refractivity contribution < 1.29 is 5.11 Å². The first-order valence-electron chi connectivity index (χ1n) is 5.96. The molecule has 2 aromatic rings. The van der Waals surface area contributed by atoms with E-state index in [2.05, 4.69) is 5.32 Å². The van der Waals surface area contributed by atoms with Gasteiger partial charge in [0.2, 0.25) is 0 Å². The number of aliphatic hydroxyl groups is 1. The Balaban J connectivity index is 2.20. The first kappa shape index (κ1) is 12.9. The summed E-state index contributed by atoms with van der Waals surface area (Å²) in [7, 11) is 0. The molecule has 4 heteroatoms. The fourth-order valence-corrected chi connectivity index (χ4v) is 1.88. The molecule has 0 spiro atoms. The summed E-state index contributed by atoms with van der Waals surface area (Å²) in [6, 6.07) is 16.6. The molecule has 96 valence electrons. The van der Waals surface area contributed by atoms with Crippen LogP contribution < -0.4 is 11.1 Å². The van der Waals surface area contributed by atoms with Gasteiger partial charge in [0.1, 0.15) is 6.07 Å². The Kier molecular flexibility index (Phi) is 4.01. The monoisotopic (exact) mass is 253 g/mol. The van der Waals surface area contributed by atoms with E-state index in [1.807, 2.05) is 36.4 Å². The number of aliphatic hydroxyl groups excluding tert-OH is 1. The van der Waals surface area contributed by atoms with Gasteiger partial charge in [-0.1, -0.05) is 30.3 Å². The number of benzene rings is 2. The number of nitrogen functional groups attached to an aromatic ring is 1. The van der Waals surface area contributed by atoms with Gasteiger partial charge in [-0.15, -0.1) is 0 Å². The summed E-state index contributed by atoms with van der Waals surface area (Å²) in [5.74, 6) is 0. The molecule has 0 bridgehead atoms. The number of nitrogens with one attached hydrogen (secondary N) is 1. The van der Waals surface area contributed by atoms with E-state index in [0.717, 1.165) is 11.3 Å². The summed E-state index contributed by atoms with van der Waals surface area (Å²) in [6.45, 7) is -0.0239. The molecule has 0 saturated carbocycles. The molecule has 0 aromatic heterocycles. The van der Waals surface area contributed by atoms with Crippen LogP contribution in [-0.4, -0.2) is 11.7 Å². The Morgan fingerprint density at radius 1 is 1.21 bits per heavy atom. The fourth-order valence-electron chi connectivity index (χ4n) is 1.88. The van der Waals surface area contributed by atoms with Crippen molar-refractivity contribution >= 4 is 11.4 Å². The summed E-state index contributed by atoms with van der Waals surface area (Å²) in [6.07, 6.45) is 0. The maximum absolute atomic E-state index is 9.46. The lowest BCUT2D eigenvalue weighted by atomic mass is 10.1. The third-order valence-electron chi connectivity index (χ3n) is 2.90. The molecule has 1 unspecified atom stereocenters. The van der Waals surface area contributed by atoms with Crippen LogP contribution in [0.4, 0.5) is 11.4 Å². The van der Waals surface area contributed by atoms with Gasteiger partial charge in [0.25, 0.3) is 0 Å². The second-order valence-electron chi connectivity index (χ2n) is 4.20. The third-order valence-corrected chi connectivity index (χ3v) is 2.90.